The first-order valence-corrected chi connectivity index (χ1v) is 9.60. The molecule has 0 radical (unpaired) electrons. The highest BCUT2D eigenvalue weighted by Crippen LogP contribution is 2.09. The Morgan fingerprint density at radius 1 is 1.03 bits per heavy atom. The number of hydrogen-bond acceptors (Lipinski definition) is 7. The van der Waals surface area contributed by atoms with E-state index in [4.69, 9.17) is 0 Å². The predicted octanol–water partition coefficient (Wildman–Crippen LogP) is -0.720. The fraction of sp³-hybridized carbons (Fsp3) is 0.611. The first kappa shape index (κ1) is 24.5. The van der Waals surface area contributed by atoms with Gasteiger partial charge in [-0.15, -0.1) is 0 Å². The highest BCUT2D eigenvalue weighted by molar-refractivity contribution is 6.43. The fourth-order valence-corrected chi connectivity index (χ4v) is 2.66. The summed E-state index contributed by atoms with van der Waals surface area (Å²) in [6.45, 7) is 7.25. The van der Waals surface area contributed by atoms with Gasteiger partial charge in [-0.05, 0) is 24.7 Å². The minimum Gasteiger partial charge on any atom is -0.426 e. The van der Waals surface area contributed by atoms with Crippen molar-refractivity contribution in [1.29, 1.82) is 0 Å². The monoisotopic (exact) mass is 407 g/mol. The molecule has 1 aromatic rings. The molecule has 0 spiro atoms. The first-order chi connectivity index (χ1) is 13.6. The van der Waals surface area contributed by atoms with E-state index in [1.165, 1.54) is 18.6 Å². The average Bonchev–Trinajstić information content (AvgIpc) is 2.64. The van der Waals surface area contributed by atoms with Gasteiger partial charge >= 0.3 is 7.12 Å². The minimum absolute atomic E-state index is 0.0743. The third-order valence-electron chi connectivity index (χ3n) is 3.98. The molecule has 0 aliphatic rings. The van der Waals surface area contributed by atoms with Crippen molar-refractivity contribution in [3.63, 3.8) is 0 Å². The van der Waals surface area contributed by atoms with Crippen LogP contribution in [0.25, 0.3) is 0 Å². The summed E-state index contributed by atoms with van der Waals surface area (Å²) in [5, 5.41) is 26.6. The molecule has 1 heterocycles. The van der Waals surface area contributed by atoms with Crippen LogP contribution in [0.2, 0.25) is 0 Å². The van der Waals surface area contributed by atoms with Gasteiger partial charge in [0.2, 0.25) is 11.8 Å². The van der Waals surface area contributed by atoms with Crippen molar-refractivity contribution < 1.29 is 24.4 Å². The van der Waals surface area contributed by atoms with E-state index in [1.54, 1.807) is 0 Å². The lowest BCUT2D eigenvalue weighted by molar-refractivity contribution is -0.129. The molecule has 0 aliphatic carbocycles. The third kappa shape index (κ3) is 9.48. The van der Waals surface area contributed by atoms with Crippen molar-refractivity contribution >= 4 is 24.8 Å². The van der Waals surface area contributed by atoms with Crippen LogP contribution in [0.15, 0.2) is 18.6 Å². The van der Waals surface area contributed by atoms with Crippen LogP contribution in [-0.2, 0) is 9.59 Å². The number of nitrogens with zero attached hydrogens (tertiary/aromatic N) is 2. The van der Waals surface area contributed by atoms with E-state index in [-0.39, 0.29) is 24.1 Å². The number of nitrogens with one attached hydrogen (secondary N) is 3. The third-order valence-corrected chi connectivity index (χ3v) is 3.98. The van der Waals surface area contributed by atoms with E-state index >= 15 is 0 Å². The van der Waals surface area contributed by atoms with Crippen molar-refractivity contribution in [2.24, 2.45) is 11.8 Å². The molecule has 1 aromatic heterocycles. The molecule has 5 N–H and O–H groups in total. The number of amides is 3. The minimum atomic E-state index is -1.71. The fourth-order valence-electron chi connectivity index (χ4n) is 2.66. The first-order valence-electron chi connectivity index (χ1n) is 9.60. The van der Waals surface area contributed by atoms with E-state index in [0.29, 0.717) is 12.8 Å². The Morgan fingerprint density at radius 3 is 2.21 bits per heavy atom. The number of carbonyl (C=O) groups is 3. The van der Waals surface area contributed by atoms with Gasteiger partial charge in [-0.25, -0.2) is 4.98 Å². The maximum absolute atomic E-state index is 12.6. The maximum Gasteiger partial charge on any atom is 0.475 e. The second-order valence-corrected chi connectivity index (χ2v) is 7.68. The molecule has 1 rings (SSSR count). The van der Waals surface area contributed by atoms with Crippen molar-refractivity contribution in [2.45, 2.75) is 52.5 Å². The molecule has 0 saturated heterocycles. The normalized spacial score (nSPS) is 13.0. The SMILES string of the molecule is CC(C)C[C@H](NC(=O)[C@H](CC(C)C)NC(=O)CNC(=O)c1cnccn1)B(O)O. The largest absolute Gasteiger partial charge is 0.475 e. The summed E-state index contributed by atoms with van der Waals surface area (Å²) >= 11 is 0. The van der Waals surface area contributed by atoms with Gasteiger partial charge in [0.1, 0.15) is 11.7 Å². The number of carbonyl (C=O) groups excluding carboxylic acids is 3. The van der Waals surface area contributed by atoms with Gasteiger partial charge in [-0.3, -0.25) is 19.4 Å². The van der Waals surface area contributed by atoms with E-state index < -0.39 is 36.8 Å². The lowest BCUT2D eigenvalue weighted by atomic mass is 9.75. The Morgan fingerprint density at radius 2 is 1.69 bits per heavy atom. The van der Waals surface area contributed by atoms with Crippen LogP contribution in [0.5, 0.6) is 0 Å². The number of hydrogen-bond donors (Lipinski definition) is 5. The van der Waals surface area contributed by atoms with Crippen molar-refractivity contribution in [3.8, 4) is 0 Å². The van der Waals surface area contributed by atoms with Gasteiger partial charge in [0.15, 0.2) is 0 Å². The zero-order valence-electron chi connectivity index (χ0n) is 17.3. The van der Waals surface area contributed by atoms with Gasteiger partial charge in [-0.1, -0.05) is 27.7 Å². The van der Waals surface area contributed by atoms with Crippen LogP contribution in [0, 0.1) is 11.8 Å². The standard InChI is InChI=1S/C18H30BN5O5/c1-11(2)7-13(18(27)24-15(19(28)29)8-12(3)4)23-16(25)10-22-17(26)14-9-20-5-6-21-14/h5-6,9,11-13,15,28-29H,7-8,10H2,1-4H3,(H,22,26)(H,23,25)(H,24,27)/t13-,15-/m0/s1. The summed E-state index contributed by atoms with van der Waals surface area (Å²) in [6.07, 6.45) is 4.79. The van der Waals surface area contributed by atoms with Crippen molar-refractivity contribution in [1.82, 2.24) is 25.9 Å². The summed E-state index contributed by atoms with van der Waals surface area (Å²) < 4.78 is 0. The van der Waals surface area contributed by atoms with Gasteiger partial charge < -0.3 is 26.0 Å². The zero-order chi connectivity index (χ0) is 22.0. The van der Waals surface area contributed by atoms with Crippen LogP contribution in [0.3, 0.4) is 0 Å². The van der Waals surface area contributed by atoms with Crippen LogP contribution in [0.4, 0.5) is 0 Å². The second-order valence-electron chi connectivity index (χ2n) is 7.68. The molecule has 160 valence electrons. The topological polar surface area (TPSA) is 154 Å². The summed E-state index contributed by atoms with van der Waals surface area (Å²) in [4.78, 5) is 44.4. The van der Waals surface area contributed by atoms with Crippen LogP contribution < -0.4 is 16.0 Å². The molecular formula is C18H30BN5O5. The summed E-state index contributed by atoms with van der Waals surface area (Å²) in [5.74, 6) is -2.22. The highest BCUT2D eigenvalue weighted by atomic mass is 16.4. The molecule has 0 saturated carbocycles. The molecule has 0 aliphatic heterocycles. The van der Waals surface area contributed by atoms with Gasteiger partial charge in [-0.2, -0.15) is 0 Å². The van der Waals surface area contributed by atoms with Gasteiger partial charge in [0, 0.05) is 12.4 Å². The van der Waals surface area contributed by atoms with Crippen LogP contribution >= 0.6 is 0 Å². The highest BCUT2D eigenvalue weighted by Gasteiger charge is 2.30. The van der Waals surface area contributed by atoms with Crippen LogP contribution in [0.1, 0.15) is 51.0 Å². The predicted molar refractivity (Wildman–Crippen MR) is 107 cm³/mol. The Kier molecular flexibility index (Phi) is 10.2. The Balaban J connectivity index is 2.67. The molecule has 2 atom stereocenters. The van der Waals surface area contributed by atoms with Crippen molar-refractivity contribution in [3.05, 3.63) is 24.3 Å². The van der Waals surface area contributed by atoms with E-state index in [1.807, 2.05) is 27.7 Å². The molecule has 0 bridgehead atoms. The smallest absolute Gasteiger partial charge is 0.426 e. The van der Waals surface area contributed by atoms with Crippen LogP contribution in [-0.4, -0.2) is 63.4 Å². The molecule has 0 aromatic carbocycles. The Hall–Kier alpha value is -2.53. The lowest BCUT2D eigenvalue weighted by Crippen LogP contribution is -2.55. The molecule has 3 amide bonds. The maximum atomic E-state index is 12.6. The summed E-state index contributed by atoms with van der Waals surface area (Å²) in [5.41, 5.74) is 0.0743. The van der Waals surface area contributed by atoms with Gasteiger partial charge in [0.25, 0.3) is 5.91 Å². The van der Waals surface area contributed by atoms with Crippen molar-refractivity contribution in [2.75, 3.05) is 6.54 Å². The van der Waals surface area contributed by atoms with E-state index in [9.17, 15) is 24.4 Å². The molecule has 11 heteroatoms. The molecular weight excluding hydrogens is 377 g/mol. The number of aromatic nitrogens is 2. The average molecular weight is 407 g/mol. The molecule has 0 unspecified atom stereocenters. The summed E-state index contributed by atoms with van der Waals surface area (Å²) in [6, 6.07) is -0.871. The molecule has 10 nitrogen and oxygen atoms in total. The molecule has 0 fully saturated rings. The zero-order valence-corrected chi connectivity index (χ0v) is 17.3. The quantitative estimate of drug-likeness (QED) is 0.303. The van der Waals surface area contributed by atoms with Gasteiger partial charge in [0.05, 0.1) is 18.7 Å². The Bertz CT molecular complexity index is 672. The van der Waals surface area contributed by atoms with E-state index in [2.05, 4.69) is 25.9 Å². The van der Waals surface area contributed by atoms with E-state index in [0.717, 1.165) is 0 Å². The summed E-state index contributed by atoms with van der Waals surface area (Å²) in [7, 11) is -1.71. The lowest BCUT2D eigenvalue weighted by Gasteiger charge is -2.25. The Labute approximate surface area is 171 Å². The molecule has 29 heavy (non-hydrogen) atoms. The number of rotatable bonds is 11. The second kappa shape index (κ2) is 12.1.